The molecule has 2 rings (SSSR count). The molecule has 0 fully saturated rings. The minimum Gasteiger partial charge on any atom is -0.497 e. The largest absolute Gasteiger partial charge is 0.497 e. The maximum atomic E-state index is 12.0. The van der Waals surface area contributed by atoms with Gasteiger partial charge >= 0.3 is 0 Å². The van der Waals surface area contributed by atoms with Crippen molar-refractivity contribution in [3.63, 3.8) is 0 Å². The van der Waals surface area contributed by atoms with Crippen LogP contribution in [0.1, 0.15) is 24.4 Å². The van der Waals surface area contributed by atoms with Crippen molar-refractivity contribution < 1.29 is 14.3 Å². The summed E-state index contributed by atoms with van der Waals surface area (Å²) in [5.41, 5.74) is 0.947. The molecule has 0 aliphatic rings. The zero-order chi connectivity index (χ0) is 15.9. The minimum atomic E-state index is -0.583. The van der Waals surface area contributed by atoms with Gasteiger partial charge in [0.15, 0.2) is 0 Å². The molecule has 1 N–H and O–H groups in total. The summed E-state index contributed by atoms with van der Waals surface area (Å²) in [5.74, 6) is 0.529. The van der Waals surface area contributed by atoms with E-state index in [1.807, 2.05) is 31.2 Å². The van der Waals surface area contributed by atoms with E-state index in [9.17, 15) is 4.79 Å². The van der Waals surface area contributed by atoms with Crippen molar-refractivity contribution in [3.8, 4) is 5.75 Å². The van der Waals surface area contributed by atoms with Crippen molar-refractivity contribution in [1.82, 2.24) is 10.2 Å². The Labute approximate surface area is 133 Å². The molecule has 22 heavy (non-hydrogen) atoms. The fourth-order valence-corrected chi connectivity index (χ4v) is 2.40. The van der Waals surface area contributed by atoms with Crippen molar-refractivity contribution in [2.24, 2.45) is 0 Å². The molecular formula is C15H19N3O3S. The number of hydrogen-bond donors (Lipinski definition) is 1. The van der Waals surface area contributed by atoms with Gasteiger partial charge in [-0.25, -0.2) is 0 Å². The Morgan fingerprint density at radius 2 is 2.23 bits per heavy atom. The molecule has 1 amide bonds. The van der Waals surface area contributed by atoms with Crippen molar-refractivity contribution in [3.05, 3.63) is 34.8 Å². The van der Waals surface area contributed by atoms with Gasteiger partial charge in [-0.05, 0) is 31.0 Å². The number of hydrogen-bond acceptors (Lipinski definition) is 6. The molecule has 1 aromatic carbocycles. The molecule has 0 radical (unpaired) electrons. The number of aryl methyl sites for hydroxylation is 1. The lowest BCUT2D eigenvalue weighted by atomic mass is 10.2. The summed E-state index contributed by atoms with van der Waals surface area (Å²) in [6, 6.07) is 7.55. The summed E-state index contributed by atoms with van der Waals surface area (Å²) < 4.78 is 10.7. The highest BCUT2D eigenvalue weighted by Crippen LogP contribution is 2.17. The van der Waals surface area contributed by atoms with Crippen molar-refractivity contribution in [1.29, 1.82) is 0 Å². The van der Waals surface area contributed by atoms with E-state index in [-0.39, 0.29) is 5.91 Å². The monoisotopic (exact) mass is 321 g/mol. The summed E-state index contributed by atoms with van der Waals surface area (Å²) in [7, 11) is 1.61. The lowest BCUT2D eigenvalue weighted by Crippen LogP contribution is -2.27. The number of rotatable bonds is 7. The van der Waals surface area contributed by atoms with Crippen LogP contribution < -0.4 is 10.1 Å². The second-order valence-corrected chi connectivity index (χ2v) is 5.71. The van der Waals surface area contributed by atoms with Gasteiger partial charge in [0.2, 0.25) is 5.13 Å². The fraction of sp³-hybridized carbons (Fsp3) is 0.400. The van der Waals surface area contributed by atoms with E-state index in [0.717, 1.165) is 22.7 Å². The molecule has 0 spiro atoms. The van der Waals surface area contributed by atoms with Gasteiger partial charge in [-0.15, -0.1) is 10.2 Å². The molecule has 1 heterocycles. The Morgan fingerprint density at radius 1 is 1.41 bits per heavy atom. The van der Waals surface area contributed by atoms with Crippen LogP contribution in [0.25, 0.3) is 0 Å². The van der Waals surface area contributed by atoms with Crippen LogP contribution in [0.15, 0.2) is 24.3 Å². The van der Waals surface area contributed by atoms with Crippen molar-refractivity contribution in [2.75, 3.05) is 12.4 Å². The molecule has 1 aromatic heterocycles. The van der Waals surface area contributed by atoms with Gasteiger partial charge in [-0.1, -0.05) is 30.4 Å². The normalized spacial score (nSPS) is 12.0. The van der Waals surface area contributed by atoms with Crippen molar-refractivity contribution in [2.45, 2.75) is 33.0 Å². The number of amides is 1. The Balaban J connectivity index is 1.85. The minimum absolute atomic E-state index is 0.235. The van der Waals surface area contributed by atoms with Crippen LogP contribution in [0, 0.1) is 0 Å². The second kappa shape index (κ2) is 7.86. The quantitative estimate of drug-likeness (QED) is 0.848. The number of carbonyl (C=O) groups excluding carboxylic acids is 1. The van der Waals surface area contributed by atoms with Crippen LogP contribution in [0.5, 0.6) is 5.75 Å². The average molecular weight is 321 g/mol. The maximum Gasteiger partial charge on any atom is 0.255 e. The number of anilines is 1. The molecule has 6 nitrogen and oxygen atoms in total. The molecule has 0 aliphatic heterocycles. The number of benzene rings is 1. The molecule has 1 atom stereocenters. The second-order valence-electron chi connectivity index (χ2n) is 4.65. The zero-order valence-electron chi connectivity index (χ0n) is 12.8. The number of carbonyl (C=O) groups is 1. The Hall–Kier alpha value is -1.99. The molecule has 0 bridgehead atoms. The van der Waals surface area contributed by atoms with E-state index < -0.39 is 6.10 Å². The summed E-state index contributed by atoms with van der Waals surface area (Å²) in [5, 5.41) is 12.0. The molecule has 7 heteroatoms. The molecule has 2 aromatic rings. The number of ether oxygens (including phenoxy) is 2. The van der Waals surface area contributed by atoms with Crippen molar-refractivity contribution >= 4 is 22.4 Å². The summed E-state index contributed by atoms with van der Waals surface area (Å²) in [6.45, 7) is 4.03. The Bertz CT molecular complexity index is 630. The van der Waals surface area contributed by atoms with E-state index >= 15 is 0 Å². The molecule has 0 saturated carbocycles. The number of nitrogens with zero attached hydrogens (tertiary/aromatic N) is 2. The summed E-state index contributed by atoms with van der Waals surface area (Å²) in [6.07, 6.45) is 0.218. The van der Waals surface area contributed by atoms with E-state index in [1.165, 1.54) is 11.3 Å². The highest BCUT2D eigenvalue weighted by molar-refractivity contribution is 7.15. The molecule has 118 valence electrons. The number of nitrogens with one attached hydrogen (secondary N) is 1. The van der Waals surface area contributed by atoms with E-state index in [1.54, 1.807) is 14.0 Å². The maximum absolute atomic E-state index is 12.0. The van der Waals surface area contributed by atoms with Crippen LogP contribution in [0.3, 0.4) is 0 Å². The lowest BCUT2D eigenvalue weighted by molar-refractivity contribution is -0.127. The first-order valence-electron chi connectivity index (χ1n) is 7.00. The topological polar surface area (TPSA) is 73.3 Å². The average Bonchev–Trinajstić information content (AvgIpc) is 3.00. The van der Waals surface area contributed by atoms with Gasteiger partial charge in [0, 0.05) is 0 Å². The van der Waals surface area contributed by atoms with Gasteiger partial charge in [0.25, 0.3) is 5.91 Å². The van der Waals surface area contributed by atoms with Gasteiger partial charge in [-0.2, -0.15) is 0 Å². The Morgan fingerprint density at radius 3 is 2.91 bits per heavy atom. The Kier molecular flexibility index (Phi) is 5.85. The van der Waals surface area contributed by atoms with Gasteiger partial charge in [0.1, 0.15) is 16.9 Å². The van der Waals surface area contributed by atoms with Crippen LogP contribution in [0.2, 0.25) is 0 Å². The zero-order valence-corrected chi connectivity index (χ0v) is 13.6. The van der Waals surface area contributed by atoms with Gasteiger partial charge < -0.3 is 9.47 Å². The highest BCUT2D eigenvalue weighted by atomic mass is 32.1. The number of aromatic nitrogens is 2. The number of methoxy groups -OCH3 is 1. The van der Waals surface area contributed by atoms with Crippen LogP contribution in [0.4, 0.5) is 5.13 Å². The van der Waals surface area contributed by atoms with Crippen LogP contribution >= 0.6 is 11.3 Å². The fourth-order valence-electron chi connectivity index (χ4n) is 1.71. The molecule has 0 saturated heterocycles. The van der Waals surface area contributed by atoms with Gasteiger partial charge in [-0.3, -0.25) is 10.1 Å². The van der Waals surface area contributed by atoms with Gasteiger partial charge in [0.05, 0.1) is 13.7 Å². The third-order valence-corrected chi connectivity index (χ3v) is 3.99. The van der Waals surface area contributed by atoms with E-state index in [0.29, 0.717) is 11.7 Å². The lowest BCUT2D eigenvalue weighted by Gasteiger charge is -2.12. The molecular weight excluding hydrogens is 302 g/mol. The highest BCUT2D eigenvalue weighted by Gasteiger charge is 2.15. The summed E-state index contributed by atoms with van der Waals surface area (Å²) >= 11 is 1.37. The smallest absolute Gasteiger partial charge is 0.255 e. The van der Waals surface area contributed by atoms with E-state index in [2.05, 4.69) is 15.5 Å². The van der Waals surface area contributed by atoms with Crippen LogP contribution in [-0.4, -0.2) is 29.3 Å². The molecule has 0 unspecified atom stereocenters. The predicted molar refractivity (Wildman–Crippen MR) is 85.2 cm³/mol. The first kappa shape index (κ1) is 16.4. The summed E-state index contributed by atoms with van der Waals surface area (Å²) in [4.78, 5) is 12.0. The van der Waals surface area contributed by atoms with E-state index in [4.69, 9.17) is 9.47 Å². The SMILES string of the molecule is CCc1nnc(NC(=O)[C@H](C)OCc2cccc(OC)c2)s1. The molecule has 0 aliphatic carbocycles. The standard InChI is InChI=1S/C15H19N3O3S/c1-4-13-17-18-15(22-13)16-14(19)10(2)21-9-11-6-5-7-12(8-11)20-3/h5-8,10H,4,9H2,1-3H3,(H,16,18,19)/t10-/m0/s1. The third kappa shape index (κ3) is 4.51. The predicted octanol–water partition coefficient (Wildman–Crippen LogP) is 2.65. The third-order valence-electron chi connectivity index (χ3n) is 3.00. The first-order valence-corrected chi connectivity index (χ1v) is 7.81. The van der Waals surface area contributed by atoms with Crippen LogP contribution in [-0.2, 0) is 22.6 Å². The first-order chi connectivity index (χ1) is 10.6.